The van der Waals surface area contributed by atoms with Crippen molar-refractivity contribution in [3.63, 3.8) is 0 Å². The van der Waals surface area contributed by atoms with E-state index in [1.165, 1.54) is 17.1 Å². The van der Waals surface area contributed by atoms with E-state index >= 15 is 0 Å². The second-order valence-electron chi connectivity index (χ2n) is 7.04. The molecule has 0 aromatic heterocycles. The molecule has 2 aromatic carbocycles. The molecule has 2 aromatic rings. The first-order valence-electron chi connectivity index (χ1n) is 10.2. The van der Waals surface area contributed by atoms with Gasteiger partial charge in [0.1, 0.15) is 11.6 Å². The first kappa shape index (κ1) is 21.5. The number of hydrogen-bond acceptors (Lipinski definition) is 4. The molecule has 7 heteroatoms. The third kappa shape index (κ3) is 6.69. The van der Waals surface area contributed by atoms with Crippen molar-refractivity contribution in [3.05, 3.63) is 66.0 Å². The summed E-state index contributed by atoms with van der Waals surface area (Å²) in [5.74, 6) is 0.0497. The predicted molar refractivity (Wildman–Crippen MR) is 113 cm³/mol. The lowest BCUT2D eigenvalue weighted by atomic mass is 10.1. The van der Waals surface area contributed by atoms with Crippen molar-refractivity contribution in [2.45, 2.75) is 32.1 Å². The molecular weight excluding hydrogens is 385 g/mol. The van der Waals surface area contributed by atoms with Gasteiger partial charge in [-0.1, -0.05) is 30.3 Å². The highest BCUT2D eigenvalue weighted by molar-refractivity contribution is 6.02. The Hall–Kier alpha value is -3.22. The molecule has 0 spiro atoms. The number of nitrogens with zero attached hydrogens (tertiary/aromatic N) is 2. The average molecular weight is 411 g/mol. The van der Waals surface area contributed by atoms with Crippen molar-refractivity contribution in [1.82, 2.24) is 10.3 Å². The van der Waals surface area contributed by atoms with Crippen LogP contribution in [-0.2, 0) is 9.59 Å². The van der Waals surface area contributed by atoms with Gasteiger partial charge in [-0.15, -0.1) is 0 Å². The molecule has 0 aliphatic carbocycles. The van der Waals surface area contributed by atoms with Crippen LogP contribution in [0.3, 0.4) is 0 Å². The highest BCUT2D eigenvalue weighted by atomic mass is 19.1. The van der Waals surface area contributed by atoms with Crippen LogP contribution in [0.25, 0.3) is 0 Å². The molecule has 30 heavy (non-hydrogen) atoms. The number of hydrazone groups is 1. The maximum Gasteiger partial charge on any atom is 0.243 e. The lowest BCUT2D eigenvalue weighted by molar-refractivity contribution is -0.133. The van der Waals surface area contributed by atoms with Gasteiger partial charge >= 0.3 is 0 Å². The molecule has 0 atom stereocenters. The highest BCUT2D eigenvalue weighted by Gasteiger charge is 2.21. The fourth-order valence-electron chi connectivity index (χ4n) is 3.08. The minimum Gasteiger partial charge on any atom is -0.494 e. The topological polar surface area (TPSA) is 71.0 Å². The number of benzene rings is 2. The smallest absolute Gasteiger partial charge is 0.243 e. The lowest BCUT2D eigenvalue weighted by Gasteiger charge is -2.11. The van der Waals surface area contributed by atoms with Crippen molar-refractivity contribution in [2.24, 2.45) is 5.10 Å². The zero-order valence-corrected chi connectivity index (χ0v) is 16.9. The molecule has 1 aliphatic rings. The van der Waals surface area contributed by atoms with E-state index in [-0.39, 0.29) is 30.5 Å². The number of carbonyl (C=O) groups is 2. The average Bonchev–Trinajstić information content (AvgIpc) is 3.27. The zero-order chi connectivity index (χ0) is 21.2. The Morgan fingerprint density at radius 1 is 1.03 bits per heavy atom. The van der Waals surface area contributed by atoms with Gasteiger partial charge in [-0.3, -0.25) is 9.59 Å². The molecule has 2 amide bonds. The van der Waals surface area contributed by atoms with Crippen LogP contribution >= 0.6 is 0 Å². The van der Waals surface area contributed by atoms with Crippen LogP contribution in [0.15, 0.2) is 59.7 Å². The van der Waals surface area contributed by atoms with Gasteiger partial charge in [0.25, 0.3) is 0 Å². The Morgan fingerprint density at radius 2 is 1.80 bits per heavy atom. The predicted octanol–water partition coefficient (Wildman–Crippen LogP) is 3.52. The minimum absolute atomic E-state index is 0.135. The molecule has 1 N–H and O–H groups in total. The molecule has 1 heterocycles. The van der Waals surface area contributed by atoms with Crippen LogP contribution in [0.2, 0.25) is 0 Å². The fourth-order valence-corrected chi connectivity index (χ4v) is 3.08. The first-order chi connectivity index (χ1) is 14.6. The maximum absolute atomic E-state index is 12.8. The number of carbonyl (C=O) groups excluding carboxylic acids is 2. The molecule has 6 nitrogen and oxygen atoms in total. The molecule has 0 unspecified atom stereocenters. The summed E-state index contributed by atoms with van der Waals surface area (Å²) in [6, 6.07) is 15.7. The normalized spacial score (nSPS) is 13.1. The van der Waals surface area contributed by atoms with Crippen LogP contribution in [0.1, 0.15) is 37.7 Å². The quantitative estimate of drug-likeness (QED) is 0.608. The van der Waals surface area contributed by atoms with E-state index in [1.807, 2.05) is 30.3 Å². The number of nitrogens with one attached hydrogen (secondary N) is 1. The Labute approximate surface area is 175 Å². The molecular formula is C23H26FN3O3. The number of ether oxygens (including phenoxy) is 1. The van der Waals surface area contributed by atoms with Gasteiger partial charge in [0, 0.05) is 25.8 Å². The van der Waals surface area contributed by atoms with E-state index in [1.54, 1.807) is 12.1 Å². The summed E-state index contributed by atoms with van der Waals surface area (Å²) in [4.78, 5) is 24.2. The fraction of sp³-hybridized carbons (Fsp3) is 0.348. The van der Waals surface area contributed by atoms with Crippen LogP contribution in [0.4, 0.5) is 4.39 Å². The van der Waals surface area contributed by atoms with Gasteiger partial charge in [-0.05, 0) is 42.7 Å². The van der Waals surface area contributed by atoms with Crippen LogP contribution in [-0.4, -0.2) is 42.2 Å². The van der Waals surface area contributed by atoms with Gasteiger partial charge in [0.15, 0.2) is 0 Å². The molecule has 0 saturated heterocycles. The minimum atomic E-state index is -0.295. The summed E-state index contributed by atoms with van der Waals surface area (Å²) in [5, 5.41) is 8.68. The number of unbranched alkanes of at least 4 members (excludes halogenated alkanes) is 1. The number of halogens is 1. The number of rotatable bonds is 10. The van der Waals surface area contributed by atoms with Crippen LogP contribution < -0.4 is 10.1 Å². The maximum atomic E-state index is 12.8. The highest BCUT2D eigenvalue weighted by Crippen LogP contribution is 2.15. The monoisotopic (exact) mass is 411 g/mol. The van der Waals surface area contributed by atoms with Crippen LogP contribution in [0.5, 0.6) is 5.75 Å². The van der Waals surface area contributed by atoms with Crippen molar-refractivity contribution >= 4 is 17.5 Å². The summed E-state index contributed by atoms with van der Waals surface area (Å²) in [5.41, 5.74) is 1.92. The van der Waals surface area contributed by atoms with E-state index in [0.717, 1.165) is 30.5 Å². The molecule has 1 aliphatic heterocycles. The molecule has 0 radical (unpaired) electrons. The van der Waals surface area contributed by atoms with Gasteiger partial charge in [-0.25, -0.2) is 9.40 Å². The van der Waals surface area contributed by atoms with Crippen molar-refractivity contribution < 1.29 is 18.7 Å². The van der Waals surface area contributed by atoms with Gasteiger partial charge < -0.3 is 10.1 Å². The number of amides is 2. The van der Waals surface area contributed by atoms with E-state index in [0.29, 0.717) is 25.4 Å². The molecule has 0 fully saturated rings. The summed E-state index contributed by atoms with van der Waals surface area (Å²) in [6.07, 6.45) is 2.55. The summed E-state index contributed by atoms with van der Waals surface area (Å²) in [6.45, 7) is 1.58. The Kier molecular flexibility index (Phi) is 7.94. The second-order valence-corrected chi connectivity index (χ2v) is 7.04. The van der Waals surface area contributed by atoms with E-state index in [4.69, 9.17) is 4.74 Å². The van der Waals surface area contributed by atoms with E-state index < -0.39 is 0 Å². The second kappa shape index (κ2) is 11.1. The lowest BCUT2D eigenvalue weighted by Crippen LogP contribution is -2.28. The SMILES string of the molecule is O=C(CCC(=O)N1CCC(c2ccccc2)=N1)NCCCCOc1ccc(F)cc1. The van der Waals surface area contributed by atoms with Gasteiger partial charge in [0.2, 0.25) is 11.8 Å². The Balaban J connectivity index is 1.27. The van der Waals surface area contributed by atoms with E-state index in [2.05, 4.69) is 10.4 Å². The van der Waals surface area contributed by atoms with Crippen molar-refractivity contribution in [3.8, 4) is 5.75 Å². The molecule has 158 valence electrons. The standard InChI is InChI=1S/C23H26FN3O3/c24-19-8-10-20(11-9-19)30-17-5-4-15-25-22(28)12-13-23(29)27-16-14-21(26-27)18-6-2-1-3-7-18/h1-3,6-11H,4-5,12-17H2,(H,25,28). The molecule has 0 bridgehead atoms. The summed E-state index contributed by atoms with van der Waals surface area (Å²) in [7, 11) is 0. The molecule has 0 saturated carbocycles. The van der Waals surface area contributed by atoms with E-state index in [9.17, 15) is 14.0 Å². The van der Waals surface area contributed by atoms with Gasteiger partial charge in [0.05, 0.1) is 18.9 Å². The van der Waals surface area contributed by atoms with Crippen LogP contribution in [0, 0.1) is 5.82 Å². The largest absolute Gasteiger partial charge is 0.494 e. The Morgan fingerprint density at radius 3 is 2.57 bits per heavy atom. The van der Waals surface area contributed by atoms with Crippen molar-refractivity contribution in [2.75, 3.05) is 19.7 Å². The third-order valence-electron chi connectivity index (χ3n) is 4.74. The molecule has 3 rings (SSSR count). The zero-order valence-electron chi connectivity index (χ0n) is 16.9. The Bertz CT molecular complexity index is 869. The third-order valence-corrected chi connectivity index (χ3v) is 4.74. The summed E-state index contributed by atoms with van der Waals surface area (Å²) >= 11 is 0. The van der Waals surface area contributed by atoms with Gasteiger partial charge in [-0.2, -0.15) is 5.10 Å². The first-order valence-corrected chi connectivity index (χ1v) is 10.2. The summed E-state index contributed by atoms with van der Waals surface area (Å²) < 4.78 is 18.3. The van der Waals surface area contributed by atoms with Crippen molar-refractivity contribution in [1.29, 1.82) is 0 Å². The number of hydrogen-bond donors (Lipinski definition) is 1.